The van der Waals surface area contributed by atoms with Crippen LogP contribution in [0.4, 0.5) is 13.2 Å². The molecule has 1 radical (unpaired) electrons. The predicted molar refractivity (Wildman–Crippen MR) is 82.5 cm³/mol. The van der Waals surface area contributed by atoms with E-state index in [0.29, 0.717) is 17.9 Å². The quantitative estimate of drug-likeness (QED) is 0.718. The Morgan fingerprint density at radius 3 is 2.25 bits per heavy atom. The highest BCUT2D eigenvalue weighted by Crippen LogP contribution is 2.24. The fourth-order valence-electron chi connectivity index (χ4n) is 2.14. The zero-order valence-electron chi connectivity index (χ0n) is 12.5. The van der Waals surface area contributed by atoms with Gasteiger partial charge in [0.05, 0.1) is 5.69 Å². The first-order valence-corrected chi connectivity index (χ1v) is 7.11. The molecule has 0 unspecified atom stereocenters. The molecule has 0 aliphatic heterocycles. The van der Waals surface area contributed by atoms with Crippen molar-refractivity contribution in [1.29, 1.82) is 0 Å². The van der Waals surface area contributed by atoms with E-state index in [1.807, 2.05) is 24.3 Å². The second kappa shape index (κ2) is 6.35. The number of ether oxygens (including phenoxy) is 1. The summed E-state index contributed by atoms with van der Waals surface area (Å²) in [5, 5.41) is 4.34. The minimum Gasteiger partial charge on any atom is -0.406 e. The van der Waals surface area contributed by atoms with Crippen LogP contribution >= 0.6 is 0 Å². The lowest BCUT2D eigenvalue weighted by Crippen LogP contribution is -2.17. The first-order chi connectivity index (χ1) is 11.4. The Morgan fingerprint density at radius 2 is 1.67 bits per heavy atom. The normalized spacial score (nSPS) is 11.5. The van der Waals surface area contributed by atoms with Crippen LogP contribution in [-0.2, 0) is 6.42 Å². The lowest BCUT2D eigenvalue weighted by atomic mass is 10.1. The Bertz CT molecular complexity index is 808. The molecule has 123 valence electrons. The first kappa shape index (κ1) is 16.0. The number of hydrogen-bond acceptors (Lipinski definition) is 3. The summed E-state index contributed by atoms with van der Waals surface area (Å²) >= 11 is 0. The topological polar surface area (TPSA) is 39.9 Å². The molecule has 3 rings (SSSR count). The number of hydrogen-bond donors (Lipinski definition) is 0. The van der Waals surface area contributed by atoms with Crippen molar-refractivity contribution in [3.8, 4) is 22.8 Å². The molecule has 1 heterocycles. The zero-order valence-corrected chi connectivity index (χ0v) is 12.5. The smallest absolute Gasteiger partial charge is 0.406 e. The Hall–Kier alpha value is -2.83. The molecule has 24 heavy (non-hydrogen) atoms. The molecule has 0 saturated heterocycles. The lowest BCUT2D eigenvalue weighted by Gasteiger charge is -2.09. The van der Waals surface area contributed by atoms with Gasteiger partial charge >= 0.3 is 6.36 Å². The van der Waals surface area contributed by atoms with Crippen LogP contribution in [0.25, 0.3) is 17.1 Å². The van der Waals surface area contributed by atoms with Crippen LogP contribution in [0.3, 0.4) is 0 Å². The van der Waals surface area contributed by atoms with E-state index < -0.39 is 6.36 Å². The van der Waals surface area contributed by atoms with Crippen molar-refractivity contribution in [2.75, 3.05) is 0 Å². The number of benzene rings is 2. The molecule has 0 amide bonds. The van der Waals surface area contributed by atoms with Crippen LogP contribution in [0.2, 0.25) is 0 Å². The highest BCUT2D eigenvalue weighted by Gasteiger charge is 2.30. The Morgan fingerprint density at radius 1 is 1.00 bits per heavy atom. The van der Waals surface area contributed by atoms with Crippen molar-refractivity contribution in [2.24, 2.45) is 0 Å². The third-order valence-corrected chi connectivity index (χ3v) is 3.33. The van der Waals surface area contributed by atoms with Crippen LogP contribution < -0.4 is 4.74 Å². The molecule has 0 aliphatic carbocycles. The average Bonchev–Trinajstić information content (AvgIpc) is 3.04. The molecular weight excluding hydrogens is 319 g/mol. The molecule has 3 aromatic rings. The van der Waals surface area contributed by atoms with E-state index in [-0.39, 0.29) is 5.75 Å². The zero-order chi connectivity index (χ0) is 17.2. The number of halogens is 3. The van der Waals surface area contributed by atoms with E-state index in [4.69, 9.17) is 0 Å². The summed E-state index contributed by atoms with van der Waals surface area (Å²) in [6.07, 6.45) is -2.50. The average molecular weight is 332 g/mol. The molecule has 0 atom stereocenters. The molecule has 0 spiro atoms. The van der Waals surface area contributed by atoms with Crippen LogP contribution in [0.1, 0.15) is 5.56 Å². The van der Waals surface area contributed by atoms with Crippen LogP contribution in [0, 0.1) is 6.92 Å². The van der Waals surface area contributed by atoms with Crippen molar-refractivity contribution < 1.29 is 17.9 Å². The number of rotatable bonds is 4. The van der Waals surface area contributed by atoms with Gasteiger partial charge in [0, 0.05) is 5.56 Å². The maximum atomic E-state index is 12.2. The summed E-state index contributed by atoms with van der Waals surface area (Å²) in [6.45, 7) is 3.82. The maximum Gasteiger partial charge on any atom is 0.573 e. The molecule has 0 N–H and O–H groups in total. The van der Waals surface area contributed by atoms with Gasteiger partial charge in [0.2, 0.25) is 0 Å². The van der Waals surface area contributed by atoms with Gasteiger partial charge in [-0.2, -0.15) is 0 Å². The second-order valence-corrected chi connectivity index (χ2v) is 5.00. The summed E-state index contributed by atoms with van der Waals surface area (Å²) in [4.78, 5) is 4.23. The van der Waals surface area contributed by atoms with E-state index in [0.717, 1.165) is 11.1 Å². The predicted octanol–water partition coefficient (Wildman–Crippen LogP) is 4.21. The first-order valence-electron chi connectivity index (χ1n) is 7.11. The SMILES string of the molecule is [CH2]Cc1ccc(-c2ncn(-c3ccc(OC(F)(F)F)cc3)n2)cc1. The van der Waals surface area contributed by atoms with Gasteiger partial charge in [-0.05, 0) is 43.2 Å². The molecule has 0 fully saturated rings. The molecule has 7 heteroatoms. The standard InChI is InChI=1S/C17H13F3N3O/c1-2-12-3-5-13(6-4-12)16-21-11-23(22-16)14-7-9-15(10-8-14)24-17(18,19)20/h3-11H,1-2H2. The van der Waals surface area contributed by atoms with Gasteiger partial charge in [-0.1, -0.05) is 24.3 Å². The fourth-order valence-corrected chi connectivity index (χ4v) is 2.14. The van der Waals surface area contributed by atoms with Crippen LogP contribution in [0.5, 0.6) is 5.75 Å². The van der Waals surface area contributed by atoms with E-state index in [2.05, 4.69) is 21.7 Å². The third kappa shape index (κ3) is 3.73. The summed E-state index contributed by atoms with van der Waals surface area (Å²) in [5.41, 5.74) is 2.54. The minimum absolute atomic E-state index is 0.282. The van der Waals surface area contributed by atoms with Crippen molar-refractivity contribution in [3.63, 3.8) is 0 Å². The van der Waals surface area contributed by atoms with Gasteiger partial charge in [0.1, 0.15) is 12.1 Å². The van der Waals surface area contributed by atoms with Crippen LogP contribution in [0.15, 0.2) is 54.9 Å². The summed E-state index contributed by atoms with van der Waals surface area (Å²) in [5.74, 6) is 0.247. The summed E-state index contributed by atoms with van der Waals surface area (Å²) in [6, 6.07) is 13.1. The third-order valence-electron chi connectivity index (χ3n) is 3.33. The highest BCUT2D eigenvalue weighted by molar-refractivity contribution is 5.55. The minimum atomic E-state index is -4.71. The monoisotopic (exact) mass is 332 g/mol. The van der Waals surface area contributed by atoms with E-state index in [9.17, 15) is 13.2 Å². The van der Waals surface area contributed by atoms with E-state index in [1.54, 1.807) is 0 Å². The van der Waals surface area contributed by atoms with Crippen molar-refractivity contribution in [1.82, 2.24) is 14.8 Å². The van der Waals surface area contributed by atoms with Crippen molar-refractivity contribution in [2.45, 2.75) is 12.8 Å². The maximum absolute atomic E-state index is 12.2. The van der Waals surface area contributed by atoms with Gasteiger partial charge in [0.25, 0.3) is 0 Å². The summed E-state index contributed by atoms with van der Waals surface area (Å²) in [7, 11) is 0. The number of alkyl halides is 3. The molecule has 1 aromatic heterocycles. The van der Waals surface area contributed by atoms with Crippen molar-refractivity contribution >= 4 is 0 Å². The van der Waals surface area contributed by atoms with Gasteiger partial charge in [0.15, 0.2) is 5.82 Å². The van der Waals surface area contributed by atoms with E-state index >= 15 is 0 Å². The van der Waals surface area contributed by atoms with Gasteiger partial charge in [-0.15, -0.1) is 18.3 Å². The van der Waals surface area contributed by atoms with Crippen LogP contribution in [-0.4, -0.2) is 21.1 Å². The van der Waals surface area contributed by atoms with Crippen molar-refractivity contribution in [3.05, 3.63) is 67.3 Å². The van der Waals surface area contributed by atoms with E-state index in [1.165, 1.54) is 35.3 Å². The Labute approximate surface area is 136 Å². The number of nitrogens with zero attached hydrogens (tertiary/aromatic N) is 3. The highest BCUT2D eigenvalue weighted by atomic mass is 19.4. The number of aromatic nitrogens is 3. The van der Waals surface area contributed by atoms with Gasteiger partial charge < -0.3 is 4.74 Å². The molecule has 4 nitrogen and oxygen atoms in total. The molecule has 0 saturated carbocycles. The van der Waals surface area contributed by atoms with Gasteiger partial charge in [-0.25, -0.2) is 9.67 Å². The largest absolute Gasteiger partial charge is 0.573 e. The Balaban J connectivity index is 1.79. The fraction of sp³-hybridized carbons (Fsp3) is 0.118. The second-order valence-electron chi connectivity index (χ2n) is 5.00. The Kier molecular flexibility index (Phi) is 4.24. The summed E-state index contributed by atoms with van der Waals surface area (Å²) < 4.78 is 41.8. The lowest BCUT2D eigenvalue weighted by molar-refractivity contribution is -0.274. The molecule has 0 bridgehead atoms. The molecule has 2 aromatic carbocycles. The molecule has 0 aliphatic rings. The molecular formula is C17H13F3N3O. The van der Waals surface area contributed by atoms with Gasteiger partial charge in [-0.3, -0.25) is 0 Å².